The Labute approximate surface area is 172 Å². The van der Waals surface area contributed by atoms with Crippen LogP contribution in [0.4, 0.5) is 0 Å². The fraction of sp³-hybridized carbons (Fsp3) is 0.350. The van der Waals surface area contributed by atoms with Crippen molar-refractivity contribution in [2.24, 2.45) is 0 Å². The van der Waals surface area contributed by atoms with E-state index in [0.29, 0.717) is 5.75 Å². The molecule has 1 N–H and O–H groups in total. The highest BCUT2D eigenvalue weighted by Gasteiger charge is 2.14. The third-order valence-electron chi connectivity index (χ3n) is 4.11. The van der Waals surface area contributed by atoms with Gasteiger partial charge in [-0.15, -0.1) is 10.2 Å². The van der Waals surface area contributed by atoms with E-state index in [9.17, 15) is 4.79 Å². The van der Waals surface area contributed by atoms with E-state index in [2.05, 4.69) is 46.7 Å². The number of nitrogens with zero attached hydrogens (tertiary/aromatic N) is 2. The predicted octanol–water partition coefficient (Wildman–Crippen LogP) is 5.55. The summed E-state index contributed by atoms with van der Waals surface area (Å²) in [6.45, 7) is 4.21. The highest BCUT2D eigenvalue weighted by molar-refractivity contribution is 8.03. The number of hydrogen-bond donors (Lipinski definition) is 1. The van der Waals surface area contributed by atoms with Crippen LogP contribution in [-0.4, -0.2) is 27.6 Å². The monoisotopic (exact) mass is 417 g/mol. The molecule has 1 aromatic heterocycles. The van der Waals surface area contributed by atoms with Gasteiger partial charge in [-0.1, -0.05) is 90.7 Å². The third-order valence-corrected chi connectivity index (χ3v) is 7.38. The number of nitrogens with one attached hydrogen (secondary N) is 1. The second-order valence-electron chi connectivity index (χ2n) is 6.18. The normalized spacial score (nSPS) is 12.2. The summed E-state index contributed by atoms with van der Waals surface area (Å²) in [6, 6.07) is 14.4. The van der Waals surface area contributed by atoms with Gasteiger partial charge in [0.05, 0.1) is 11.8 Å². The molecule has 3 aromatic rings. The number of thioether (sulfide) groups is 2. The van der Waals surface area contributed by atoms with Crippen molar-refractivity contribution in [1.82, 2.24) is 15.5 Å². The van der Waals surface area contributed by atoms with E-state index in [1.165, 1.54) is 35.4 Å². The maximum atomic E-state index is 12.4. The van der Waals surface area contributed by atoms with E-state index in [-0.39, 0.29) is 11.9 Å². The lowest BCUT2D eigenvalue weighted by Crippen LogP contribution is -2.28. The molecule has 0 radical (unpaired) electrons. The molecule has 0 spiro atoms. The zero-order chi connectivity index (χ0) is 19.1. The lowest BCUT2D eigenvalue weighted by molar-refractivity contribution is -0.119. The summed E-state index contributed by atoms with van der Waals surface area (Å²) in [4.78, 5) is 12.4. The molecule has 0 bridgehead atoms. The number of fused-ring (bicyclic) bond motifs is 1. The van der Waals surface area contributed by atoms with Gasteiger partial charge in [0, 0.05) is 5.75 Å². The number of hydrogen-bond acceptors (Lipinski definition) is 6. The molecule has 1 atom stereocenters. The molecule has 0 aliphatic heterocycles. The van der Waals surface area contributed by atoms with Crippen molar-refractivity contribution < 1.29 is 4.79 Å². The molecule has 1 heterocycles. The maximum absolute atomic E-state index is 12.4. The number of carbonyl (C=O) groups is 1. The molecule has 7 heteroatoms. The standard InChI is InChI=1S/C20H23N3OS3/c1-3-4-12-25-19-22-23-20(27-19)26-13-18(24)21-14(2)16-11-7-9-15-8-5-6-10-17(15)16/h5-11,14H,3-4,12-13H2,1-2H3,(H,21,24). The molecule has 142 valence electrons. The van der Waals surface area contributed by atoms with Crippen molar-refractivity contribution in [3.8, 4) is 0 Å². The van der Waals surface area contributed by atoms with Gasteiger partial charge in [-0.05, 0) is 29.7 Å². The lowest BCUT2D eigenvalue weighted by Gasteiger charge is -2.16. The summed E-state index contributed by atoms with van der Waals surface area (Å²) in [6.07, 6.45) is 2.36. The minimum absolute atomic E-state index is 0.0100. The van der Waals surface area contributed by atoms with Gasteiger partial charge in [0.2, 0.25) is 5.91 Å². The largest absolute Gasteiger partial charge is 0.349 e. The molecule has 3 rings (SSSR count). The van der Waals surface area contributed by atoms with Crippen LogP contribution in [0.2, 0.25) is 0 Å². The smallest absolute Gasteiger partial charge is 0.230 e. The number of carbonyl (C=O) groups excluding carboxylic acids is 1. The van der Waals surface area contributed by atoms with Crippen molar-refractivity contribution >= 4 is 51.5 Å². The van der Waals surface area contributed by atoms with Gasteiger partial charge in [0.1, 0.15) is 0 Å². The molecular weight excluding hydrogens is 394 g/mol. The molecule has 27 heavy (non-hydrogen) atoms. The average Bonchev–Trinajstić information content (AvgIpc) is 3.14. The van der Waals surface area contributed by atoms with Gasteiger partial charge < -0.3 is 5.32 Å². The highest BCUT2D eigenvalue weighted by Crippen LogP contribution is 2.29. The van der Waals surface area contributed by atoms with E-state index in [1.807, 2.05) is 25.1 Å². The first kappa shape index (κ1) is 20.2. The summed E-state index contributed by atoms with van der Waals surface area (Å²) < 4.78 is 1.83. The Morgan fingerprint density at radius 3 is 2.67 bits per heavy atom. The van der Waals surface area contributed by atoms with Crippen LogP contribution in [0.1, 0.15) is 38.3 Å². The van der Waals surface area contributed by atoms with Gasteiger partial charge >= 0.3 is 0 Å². The first-order valence-corrected chi connectivity index (χ1v) is 11.8. The molecule has 1 amide bonds. The number of rotatable bonds is 9. The molecule has 2 aromatic carbocycles. The van der Waals surface area contributed by atoms with Gasteiger partial charge in [0.25, 0.3) is 0 Å². The second kappa shape index (κ2) is 10.1. The Bertz CT molecular complexity index is 892. The van der Waals surface area contributed by atoms with E-state index >= 15 is 0 Å². The zero-order valence-electron chi connectivity index (χ0n) is 15.5. The molecule has 0 saturated heterocycles. The Kier molecular flexibility index (Phi) is 7.55. The van der Waals surface area contributed by atoms with Crippen LogP contribution in [0, 0.1) is 0 Å². The Morgan fingerprint density at radius 2 is 1.85 bits per heavy atom. The zero-order valence-corrected chi connectivity index (χ0v) is 17.9. The van der Waals surface area contributed by atoms with Crippen LogP contribution in [0.3, 0.4) is 0 Å². The van der Waals surface area contributed by atoms with Gasteiger partial charge in [0.15, 0.2) is 8.68 Å². The Hall–Kier alpha value is -1.57. The number of aromatic nitrogens is 2. The summed E-state index contributed by atoms with van der Waals surface area (Å²) in [5.41, 5.74) is 1.14. The quantitative estimate of drug-likeness (QED) is 0.365. The van der Waals surface area contributed by atoms with Crippen LogP contribution in [0.15, 0.2) is 51.1 Å². The molecule has 0 saturated carbocycles. The first-order chi connectivity index (χ1) is 13.2. The van der Waals surface area contributed by atoms with Crippen molar-refractivity contribution in [2.75, 3.05) is 11.5 Å². The van der Waals surface area contributed by atoms with Crippen LogP contribution < -0.4 is 5.32 Å². The summed E-state index contributed by atoms with van der Waals surface area (Å²) in [5.74, 6) is 1.43. The van der Waals surface area contributed by atoms with E-state index < -0.39 is 0 Å². The van der Waals surface area contributed by atoms with E-state index in [4.69, 9.17) is 0 Å². The number of unbranched alkanes of at least 4 members (excludes halogenated alkanes) is 1. The topological polar surface area (TPSA) is 54.9 Å². The minimum atomic E-state index is -0.0428. The molecular formula is C20H23N3OS3. The van der Waals surface area contributed by atoms with Gasteiger partial charge in [-0.25, -0.2) is 0 Å². The molecule has 0 aliphatic carbocycles. The Balaban J connectivity index is 1.53. The fourth-order valence-corrected chi connectivity index (χ4v) is 5.72. The van der Waals surface area contributed by atoms with Crippen LogP contribution >= 0.6 is 34.9 Å². The van der Waals surface area contributed by atoms with Crippen LogP contribution in [0.5, 0.6) is 0 Å². The maximum Gasteiger partial charge on any atom is 0.230 e. The summed E-state index contributed by atoms with van der Waals surface area (Å²) in [5, 5.41) is 13.8. The third kappa shape index (κ3) is 5.70. The minimum Gasteiger partial charge on any atom is -0.349 e. The van der Waals surface area contributed by atoms with Crippen LogP contribution in [0.25, 0.3) is 10.8 Å². The fourth-order valence-electron chi connectivity index (χ4n) is 2.73. The predicted molar refractivity (Wildman–Crippen MR) is 117 cm³/mol. The molecule has 0 fully saturated rings. The first-order valence-electron chi connectivity index (χ1n) is 9.03. The van der Waals surface area contributed by atoms with Crippen molar-refractivity contribution in [3.63, 3.8) is 0 Å². The molecule has 4 nitrogen and oxygen atoms in total. The molecule has 1 unspecified atom stereocenters. The van der Waals surface area contributed by atoms with Gasteiger partial charge in [-0.2, -0.15) is 0 Å². The van der Waals surface area contributed by atoms with Gasteiger partial charge in [-0.3, -0.25) is 4.79 Å². The van der Waals surface area contributed by atoms with E-state index in [1.54, 1.807) is 23.1 Å². The summed E-state index contributed by atoms with van der Waals surface area (Å²) >= 11 is 4.76. The highest BCUT2D eigenvalue weighted by atomic mass is 32.2. The summed E-state index contributed by atoms with van der Waals surface area (Å²) in [7, 11) is 0. The van der Waals surface area contributed by atoms with Crippen molar-refractivity contribution in [1.29, 1.82) is 0 Å². The number of amides is 1. The Morgan fingerprint density at radius 1 is 1.11 bits per heavy atom. The second-order valence-corrected chi connectivity index (χ2v) is 9.72. The molecule has 0 aliphatic rings. The van der Waals surface area contributed by atoms with Crippen LogP contribution in [-0.2, 0) is 4.79 Å². The van der Waals surface area contributed by atoms with Crippen molar-refractivity contribution in [2.45, 2.75) is 41.4 Å². The average molecular weight is 418 g/mol. The van der Waals surface area contributed by atoms with E-state index in [0.717, 1.165) is 20.0 Å². The lowest BCUT2D eigenvalue weighted by atomic mass is 10.00. The van der Waals surface area contributed by atoms with Crippen molar-refractivity contribution in [3.05, 3.63) is 48.0 Å². The number of benzene rings is 2. The SMILES string of the molecule is CCCCSc1nnc(SCC(=O)NC(C)c2cccc3ccccc23)s1.